The third-order valence-corrected chi connectivity index (χ3v) is 14.2. The number of rotatable bonds is 5. The minimum atomic E-state index is -0.206. The van der Waals surface area contributed by atoms with E-state index < -0.39 is 0 Å². The molecule has 4 nitrogen and oxygen atoms in total. The van der Waals surface area contributed by atoms with Gasteiger partial charge >= 0.3 is 0 Å². The summed E-state index contributed by atoms with van der Waals surface area (Å²) < 4.78 is 5.24. The van der Waals surface area contributed by atoms with Crippen molar-refractivity contribution in [1.29, 1.82) is 0 Å². The summed E-state index contributed by atoms with van der Waals surface area (Å²) in [5.41, 5.74) is 9.91. The summed E-state index contributed by atoms with van der Waals surface area (Å²) in [5, 5.41) is 12.6. The number of hydrogen-bond donors (Lipinski definition) is 2. The van der Waals surface area contributed by atoms with Crippen molar-refractivity contribution in [2.75, 3.05) is 4.90 Å². The standard InChI is InChI=1S/C51H36N4S2/c1-3-12-31(13-4-1)49-52-50(32-14-5-2-6-15-32)54-51(53-49)34-23-27-45-42(28-34)41-19-11-18-36(48(41)57-45)33-22-25-39-40-26-24-35(30-47(40)56-46(39)29-33)55-43-20-9-7-16-37(43)38-17-8-10-21-44(38)55/h1-30,37,43,49,51,53H,(H,52,54). The molecule has 272 valence electrons. The molecular weight excluding hydrogens is 733 g/mol. The number of amidine groups is 1. The van der Waals surface area contributed by atoms with Gasteiger partial charge in [-0.25, -0.2) is 4.99 Å². The number of hydrogen-bond acceptors (Lipinski definition) is 6. The Bertz CT molecular complexity index is 3120. The summed E-state index contributed by atoms with van der Waals surface area (Å²) in [7, 11) is 0. The van der Waals surface area contributed by atoms with Gasteiger partial charge in [0, 0.05) is 63.2 Å². The van der Waals surface area contributed by atoms with Gasteiger partial charge in [0.05, 0.1) is 6.04 Å². The third kappa shape index (κ3) is 5.40. The second kappa shape index (κ2) is 13.1. The zero-order chi connectivity index (χ0) is 37.5. The molecule has 57 heavy (non-hydrogen) atoms. The lowest BCUT2D eigenvalue weighted by Gasteiger charge is -2.32. The highest BCUT2D eigenvalue weighted by Crippen LogP contribution is 2.49. The van der Waals surface area contributed by atoms with Crippen LogP contribution in [-0.2, 0) is 0 Å². The molecule has 0 radical (unpaired) electrons. The van der Waals surface area contributed by atoms with Crippen molar-refractivity contribution in [3.63, 3.8) is 0 Å². The number of aliphatic imine (C=N–C) groups is 1. The first kappa shape index (κ1) is 32.9. The quantitative estimate of drug-likeness (QED) is 0.183. The molecule has 7 aromatic carbocycles. The van der Waals surface area contributed by atoms with Crippen LogP contribution >= 0.6 is 22.7 Å². The molecule has 0 saturated carbocycles. The minimum Gasteiger partial charge on any atom is -0.350 e. The fraction of sp³-hybridized carbons (Fsp3) is 0.0784. The second-order valence-electron chi connectivity index (χ2n) is 15.1. The van der Waals surface area contributed by atoms with Crippen molar-refractivity contribution in [1.82, 2.24) is 10.6 Å². The fourth-order valence-electron chi connectivity index (χ4n) is 9.18. The van der Waals surface area contributed by atoms with Crippen LogP contribution in [0.5, 0.6) is 0 Å². The molecule has 2 aliphatic heterocycles. The summed E-state index contributed by atoms with van der Waals surface area (Å²) in [5.74, 6) is 1.27. The molecule has 4 heterocycles. The predicted octanol–water partition coefficient (Wildman–Crippen LogP) is 13.2. The Kier molecular flexibility index (Phi) is 7.58. The van der Waals surface area contributed by atoms with Crippen molar-refractivity contribution in [3.8, 4) is 11.1 Å². The summed E-state index contributed by atoms with van der Waals surface area (Å²) in [6.07, 6.45) is 8.80. The molecule has 4 atom stereocenters. The van der Waals surface area contributed by atoms with Crippen molar-refractivity contribution in [3.05, 3.63) is 204 Å². The number of anilines is 2. The molecule has 6 heteroatoms. The van der Waals surface area contributed by atoms with E-state index in [0.717, 1.165) is 17.0 Å². The topological polar surface area (TPSA) is 39.7 Å². The summed E-state index contributed by atoms with van der Waals surface area (Å²) in [6, 6.07) is 57.9. The highest BCUT2D eigenvalue weighted by molar-refractivity contribution is 7.26. The lowest BCUT2D eigenvalue weighted by molar-refractivity contribution is 0.409. The minimum absolute atomic E-state index is 0.0726. The van der Waals surface area contributed by atoms with Crippen molar-refractivity contribution in [2.45, 2.75) is 24.3 Å². The molecule has 12 rings (SSSR count). The summed E-state index contributed by atoms with van der Waals surface area (Å²) in [4.78, 5) is 7.76. The molecule has 0 spiro atoms. The Hall–Kier alpha value is -6.31. The van der Waals surface area contributed by atoms with E-state index in [1.54, 1.807) is 0 Å². The number of nitrogens with zero attached hydrogens (tertiary/aromatic N) is 2. The van der Waals surface area contributed by atoms with Crippen LogP contribution in [0.3, 0.4) is 0 Å². The Morgan fingerprint density at radius 1 is 0.544 bits per heavy atom. The average molecular weight is 769 g/mol. The highest BCUT2D eigenvalue weighted by atomic mass is 32.1. The number of nitrogens with one attached hydrogen (secondary N) is 2. The van der Waals surface area contributed by atoms with Gasteiger partial charge in [0.15, 0.2) is 0 Å². The number of benzene rings is 7. The zero-order valence-corrected chi connectivity index (χ0v) is 32.5. The molecule has 0 bridgehead atoms. The zero-order valence-electron chi connectivity index (χ0n) is 30.8. The molecule has 2 N–H and O–H groups in total. The maximum absolute atomic E-state index is 5.23. The monoisotopic (exact) mass is 768 g/mol. The summed E-state index contributed by atoms with van der Waals surface area (Å²) >= 11 is 3.78. The number of fused-ring (bicyclic) bond motifs is 9. The van der Waals surface area contributed by atoms with E-state index >= 15 is 0 Å². The normalized spacial score (nSPS) is 19.9. The van der Waals surface area contributed by atoms with Crippen molar-refractivity contribution >= 4 is 80.2 Å². The number of para-hydroxylation sites is 1. The van der Waals surface area contributed by atoms with Crippen LogP contribution in [0.4, 0.5) is 11.4 Å². The van der Waals surface area contributed by atoms with Crippen LogP contribution in [-0.4, -0.2) is 11.9 Å². The average Bonchev–Trinajstić information content (AvgIpc) is 3.95. The van der Waals surface area contributed by atoms with E-state index in [1.165, 1.54) is 74.0 Å². The SMILES string of the molecule is C1=CC2c3ccccc3N(c3ccc4c(c3)sc3cc(-c5cccc6c5sc5ccc(C7N=C(c8ccccc8)NC(c8ccccc8)N7)cc56)ccc34)C2C=C1. The van der Waals surface area contributed by atoms with Gasteiger partial charge in [-0.05, 0) is 64.2 Å². The first-order valence-corrected chi connectivity index (χ1v) is 21.2. The van der Waals surface area contributed by atoms with Crippen LogP contribution in [0.1, 0.15) is 40.5 Å². The molecule has 0 amide bonds. The lowest BCUT2D eigenvalue weighted by Crippen LogP contribution is -2.44. The third-order valence-electron chi connectivity index (χ3n) is 11.9. The number of allylic oxidation sites excluding steroid dienone is 2. The van der Waals surface area contributed by atoms with Gasteiger partial charge in [0.2, 0.25) is 0 Å². The Morgan fingerprint density at radius 3 is 2.23 bits per heavy atom. The van der Waals surface area contributed by atoms with E-state index in [9.17, 15) is 0 Å². The van der Waals surface area contributed by atoms with Crippen LogP contribution < -0.4 is 15.5 Å². The van der Waals surface area contributed by atoms with Gasteiger partial charge in [0.25, 0.3) is 0 Å². The maximum Gasteiger partial charge on any atom is 0.131 e. The first-order chi connectivity index (χ1) is 28.2. The van der Waals surface area contributed by atoms with Gasteiger partial charge in [-0.15, -0.1) is 22.7 Å². The first-order valence-electron chi connectivity index (χ1n) is 19.6. The fourth-order valence-corrected chi connectivity index (χ4v) is 11.6. The van der Waals surface area contributed by atoms with Crippen LogP contribution in [0, 0.1) is 0 Å². The Labute approximate surface area is 338 Å². The molecule has 0 fully saturated rings. The van der Waals surface area contributed by atoms with Gasteiger partial charge < -0.3 is 10.2 Å². The molecule has 4 unspecified atom stereocenters. The van der Waals surface area contributed by atoms with Crippen molar-refractivity contribution in [2.24, 2.45) is 4.99 Å². The lowest BCUT2D eigenvalue weighted by atomic mass is 9.91. The van der Waals surface area contributed by atoms with Crippen molar-refractivity contribution < 1.29 is 0 Å². The van der Waals surface area contributed by atoms with E-state index in [4.69, 9.17) is 4.99 Å². The predicted molar refractivity (Wildman–Crippen MR) is 242 cm³/mol. The van der Waals surface area contributed by atoms with E-state index in [2.05, 4.69) is 191 Å². The molecular formula is C51H36N4S2. The molecule has 1 aliphatic carbocycles. The van der Waals surface area contributed by atoms with Gasteiger partial charge in [0.1, 0.15) is 18.2 Å². The smallest absolute Gasteiger partial charge is 0.131 e. The van der Waals surface area contributed by atoms with E-state index in [-0.39, 0.29) is 12.3 Å². The second-order valence-corrected chi connectivity index (χ2v) is 17.3. The summed E-state index contributed by atoms with van der Waals surface area (Å²) in [6.45, 7) is 0. The largest absolute Gasteiger partial charge is 0.350 e. The van der Waals surface area contributed by atoms with Gasteiger partial charge in [-0.1, -0.05) is 146 Å². The molecule has 3 aliphatic rings. The molecule has 2 aromatic heterocycles. The van der Waals surface area contributed by atoms with Crippen LogP contribution in [0.15, 0.2) is 187 Å². The molecule has 9 aromatic rings. The van der Waals surface area contributed by atoms with Crippen LogP contribution in [0.25, 0.3) is 51.5 Å². The highest BCUT2D eigenvalue weighted by Gasteiger charge is 2.37. The maximum atomic E-state index is 5.23. The van der Waals surface area contributed by atoms with Gasteiger partial charge in [-0.3, -0.25) is 5.32 Å². The Morgan fingerprint density at radius 2 is 1.33 bits per heavy atom. The Balaban J connectivity index is 0.911. The molecule has 0 saturated heterocycles. The van der Waals surface area contributed by atoms with E-state index in [0.29, 0.717) is 12.0 Å². The van der Waals surface area contributed by atoms with Crippen LogP contribution in [0.2, 0.25) is 0 Å². The van der Waals surface area contributed by atoms with Gasteiger partial charge in [-0.2, -0.15) is 0 Å². The number of thiophene rings is 2. The van der Waals surface area contributed by atoms with E-state index in [1.807, 2.05) is 28.7 Å².